The molecule has 304 valence electrons. The van der Waals surface area contributed by atoms with Crippen molar-refractivity contribution in [2.24, 2.45) is 22.7 Å². The van der Waals surface area contributed by atoms with Crippen LogP contribution in [0.15, 0.2) is 0 Å². The molecule has 52 heavy (non-hydrogen) atoms. The first kappa shape index (κ1) is 51.3. The lowest BCUT2D eigenvalue weighted by Gasteiger charge is -2.22. The van der Waals surface area contributed by atoms with Gasteiger partial charge in [0, 0.05) is 19.4 Å². The summed E-state index contributed by atoms with van der Waals surface area (Å²) in [5, 5.41) is 8.79. The van der Waals surface area contributed by atoms with Crippen LogP contribution in [0.1, 0.15) is 171 Å². The molecule has 0 aliphatic carbocycles. The quantitative estimate of drug-likeness (QED) is 0.0326. The van der Waals surface area contributed by atoms with Gasteiger partial charge in [-0.1, -0.05) is 58.3 Å². The molecule has 0 saturated carbocycles. The van der Waals surface area contributed by atoms with E-state index in [1.807, 2.05) is 27.7 Å². The summed E-state index contributed by atoms with van der Waals surface area (Å²) in [7, 11) is 0. The summed E-state index contributed by atoms with van der Waals surface area (Å²) < 4.78 is 20.3. The van der Waals surface area contributed by atoms with Crippen molar-refractivity contribution in [1.82, 2.24) is 0 Å². The van der Waals surface area contributed by atoms with E-state index in [9.17, 15) is 28.8 Å². The van der Waals surface area contributed by atoms with Gasteiger partial charge in [-0.15, -0.1) is 0 Å². The van der Waals surface area contributed by atoms with E-state index >= 15 is 0 Å². The van der Waals surface area contributed by atoms with Crippen LogP contribution in [-0.2, 0) is 47.7 Å². The van der Waals surface area contributed by atoms with E-state index in [1.54, 1.807) is 27.7 Å². The van der Waals surface area contributed by atoms with Crippen molar-refractivity contribution >= 4 is 35.4 Å². The number of esters is 4. The first-order valence-corrected chi connectivity index (χ1v) is 19.9. The summed E-state index contributed by atoms with van der Waals surface area (Å²) in [4.78, 5) is 72.9. The largest absolute Gasteiger partial charge is 0.466 e. The van der Waals surface area contributed by atoms with Gasteiger partial charge in [-0.05, 0) is 100 Å². The predicted octanol–water partition coefficient (Wildman–Crippen LogP) is 8.29. The minimum Gasteiger partial charge on any atom is -0.466 e. The summed E-state index contributed by atoms with van der Waals surface area (Å²) in [6, 6.07) is 0. The highest BCUT2D eigenvalue weighted by atomic mass is 16.5. The van der Waals surface area contributed by atoms with Crippen molar-refractivity contribution in [3.63, 3.8) is 0 Å². The number of aliphatic hydroxyl groups is 1. The van der Waals surface area contributed by atoms with Gasteiger partial charge in [-0.25, -0.2) is 0 Å². The van der Waals surface area contributed by atoms with E-state index in [0.29, 0.717) is 77.4 Å². The molecule has 0 amide bonds. The van der Waals surface area contributed by atoms with Crippen molar-refractivity contribution in [3.05, 3.63) is 0 Å². The average molecular weight is 743 g/mol. The fourth-order valence-electron chi connectivity index (χ4n) is 5.66. The van der Waals surface area contributed by atoms with Crippen molar-refractivity contribution < 1.29 is 52.8 Å². The third kappa shape index (κ3) is 23.7. The molecule has 0 spiro atoms. The first-order valence-electron chi connectivity index (χ1n) is 19.9. The fraction of sp³-hybridized carbons (Fsp3) is 0.854. The maximum absolute atomic E-state index is 12.4. The number of aliphatic hydroxyl groups excluding tert-OH is 1. The SMILES string of the molecule is CCCCCCC(=O)C(CCCCC(C)(C)C(=O)OCC)C(=O)OCC.CCOC(=O)C(CCCCC(C)(C)C(=O)OCC)C(=O)CCCCCO. The number of ketones is 2. The Morgan fingerprint density at radius 1 is 0.481 bits per heavy atom. The third-order valence-corrected chi connectivity index (χ3v) is 9.02. The van der Waals surface area contributed by atoms with Gasteiger partial charge in [0.1, 0.15) is 23.4 Å². The standard InChI is InChI=1S/C21H38O5.C20H36O6/c1-6-9-10-11-15-18(22)17(19(23)25-7-2)14-12-13-16-21(4,5)20(24)26-8-3;1-5-25-18(23)16(17(22)13-8-7-11-15-21)12-9-10-14-20(3,4)19(24)26-6-2/h17H,6-16H2,1-5H3;16,21H,5-15H2,1-4H3. The van der Waals surface area contributed by atoms with Gasteiger partial charge in [0.05, 0.1) is 37.3 Å². The molecule has 0 saturated heterocycles. The van der Waals surface area contributed by atoms with Crippen molar-refractivity contribution in [2.75, 3.05) is 33.0 Å². The van der Waals surface area contributed by atoms with Crippen LogP contribution in [0.2, 0.25) is 0 Å². The van der Waals surface area contributed by atoms with E-state index in [2.05, 4.69) is 6.92 Å². The molecule has 0 aliphatic heterocycles. The second-order valence-corrected chi connectivity index (χ2v) is 14.6. The monoisotopic (exact) mass is 743 g/mol. The molecule has 11 nitrogen and oxygen atoms in total. The Labute approximate surface area is 315 Å². The van der Waals surface area contributed by atoms with E-state index in [4.69, 9.17) is 24.1 Å². The maximum atomic E-state index is 12.4. The Balaban J connectivity index is 0. The van der Waals surface area contributed by atoms with E-state index < -0.39 is 34.6 Å². The summed E-state index contributed by atoms with van der Waals surface area (Å²) in [5.41, 5.74) is -1.11. The molecule has 0 radical (unpaired) electrons. The van der Waals surface area contributed by atoms with Crippen LogP contribution in [0.25, 0.3) is 0 Å². The van der Waals surface area contributed by atoms with Crippen LogP contribution in [0.5, 0.6) is 0 Å². The first-order chi connectivity index (χ1) is 24.6. The Kier molecular flexibility index (Phi) is 30.2. The second-order valence-electron chi connectivity index (χ2n) is 14.6. The zero-order chi connectivity index (χ0) is 40.0. The lowest BCUT2D eigenvalue weighted by atomic mass is 9.85. The third-order valence-electron chi connectivity index (χ3n) is 9.02. The van der Waals surface area contributed by atoms with Gasteiger partial charge in [-0.2, -0.15) is 0 Å². The predicted molar refractivity (Wildman–Crippen MR) is 202 cm³/mol. The smallest absolute Gasteiger partial charge is 0.316 e. The molecule has 0 bridgehead atoms. The zero-order valence-corrected chi connectivity index (χ0v) is 34.2. The molecule has 0 heterocycles. The molecule has 0 aromatic rings. The minimum absolute atomic E-state index is 0.00999. The van der Waals surface area contributed by atoms with Crippen LogP contribution in [0, 0.1) is 22.7 Å². The number of unbranched alkanes of at least 4 members (excludes halogenated alkanes) is 7. The number of rotatable bonds is 30. The molecule has 0 aromatic heterocycles. The Hall–Kier alpha value is -2.82. The molecular formula is C41H74O11. The van der Waals surface area contributed by atoms with Gasteiger partial charge < -0.3 is 24.1 Å². The second kappa shape index (κ2) is 30.6. The highest BCUT2D eigenvalue weighted by Gasteiger charge is 2.32. The van der Waals surface area contributed by atoms with Crippen LogP contribution in [-0.4, -0.2) is 73.6 Å². The fourth-order valence-corrected chi connectivity index (χ4v) is 5.66. The van der Waals surface area contributed by atoms with E-state index in [0.717, 1.165) is 44.9 Å². The average Bonchev–Trinajstić information content (AvgIpc) is 3.09. The summed E-state index contributed by atoms with van der Waals surface area (Å²) in [6.45, 7) is 18.0. The lowest BCUT2D eigenvalue weighted by Crippen LogP contribution is -2.28. The summed E-state index contributed by atoms with van der Waals surface area (Å²) >= 11 is 0. The van der Waals surface area contributed by atoms with Gasteiger partial charge in [0.25, 0.3) is 0 Å². The van der Waals surface area contributed by atoms with Crippen LogP contribution < -0.4 is 0 Å². The number of Topliss-reactive ketones (excluding diaryl/α,β-unsaturated/α-hetero) is 2. The molecule has 1 N–H and O–H groups in total. The van der Waals surface area contributed by atoms with Gasteiger partial charge >= 0.3 is 23.9 Å². The molecule has 0 aromatic carbocycles. The summed E-state index contributed by atoms with van der Waals surface area (Å²) in [6.07, 6.45) is 12.1. The van der Waals surface area contributed by atoms with Crippen molar-refractivity contribution in [1.29, 1.82) is 0 Å². The lowest BCUT2D eigenvalue weighted by molar-refractivity contribution is -0.154. The molecule has 0 rings (SSSR count). The van der Waals surface area contributed by atoms with Gasteiger partial charge in [-0.3, -0.25) is 28.8 Å². The maximum Gasteiger partial charge on any atom is 0.316 e. The van der Waals surface area contributed by atoms with Gasteiger partial charge in [0.15, 0.2) is 0 Å². The van der Waals surface area contributed by atoms with Crippen LogP contribution in [0.3, 0.4) is 0 Å². The number of hydrogen-bond acceptors (Lipinski definition) is 11. The minimum atomic E-state index is -0.727. The van der Waals surface area contributed by atoms with Crippen molar-refractivity contribution in [2.45, 2.75) is 171 Å². The van der Waals surface area contributed by atoms with Crippen molar-refractivity contribution in [3.8, 4) is 0 Å². The Morgan fingerprint density at radius 2 is 0.846 bits per heavy atom. The normalized spacial score (nSPS) is 12.5. The molecule has 0 fully saturated rings. The Morgan fingerprint density at radius 3 is 1.17 bits per heavy atom. The van der Waals surface area contributed by atoms with E-state index in [-0.39, 0.29) is 43.3 Å². The number of carbonyl (C=O) groups is 6. The summed E-state index contributed by atoms with van der Waals surface area (Å²) in [5.74, 6) is -2.77. The molecule has 0 aliphatic rings. The van der Waals surface area contributed by atoms with E-state index in [1.165, 1.54) is 0 Å². The van der Waals surface area contributed by atoms with Crippen LogP contribution >= 0.6 is 0 Å². The number of carbonyl (C=O) groups excluding carboxylic acids is 6. The number of ether oxygens (including phenoxy) is 4. The molecule has 2 unspecified atom stereocenters. The number of hydrogen-bond donors (Lipinski definition) is 1. The van der Waals surface area contributed by atoms with Crippen LogP contribution in [0.4, 0.5) is 0 Å². The highest BCUT2D eigenvalue weighted by molar-refractivity contribution is 5.99. The molecular weight excluding hydrogens is 668 g/mol. The van der Waals surface area contributed by atoms with Gasteiger partial charge in [0.2, 0.25) is 0 Å². The molecule has 11 heteroatoms. The Bertz CT molecular complexity index is 938. The highest BCUT2D eigenvalue weighted by Crippen LogP contribution is 2.28. The molecule has 2 atom stereocenters. The zero-order valence-electron chi connectivity index (χ0n) is 34.2. The topological polar surface area (TPSA) is 160 Å².